The van der Waals surface area contributed by atoms with Crippen LogP contribution in [0, 0.1) is 0 Å². The molecule has 5 nitrogen and oxygen atoms in total. The zero-order valence-corrected chi connectivity index (χ0v) is 16.8. The fourth-order valence-corrected chi connectivity index (χ4v) is 4.27. The van der Waals surface area contributed by atoms with E-state index in [1.165, 1.54) is 0 Å². The Hall–Kier alpha value is -2.73. The van der Waals surface area contributed by atoms with Crippen molar-refractivity contribution in [2.24, 2.45) is 0 Å². The summed E-state index contributed by atoms with van der Waals surface area (Å²) in [6, 6.07) is 13.6. The molecule has 0 spiro atoms. The molecule has 1 aliphatic rings. The van der Waals surface area contributed by atoms with Crippen molar-refractivity contribution in [3.8, 4) is 11.5 Å². The normalized spacial score (nSPS) is 15.5. The van der Waals surface area contributed by atoms with Gasteiger partial charge in [-0.2, -0.15) is 0 Å². The number of thiophene rings is 1. The van der Waals surface area contributed by atoms with Crippen LogP contribution in [0.4, 0.5) is 0 Å². The summed E-state index contributed by atoms with van der Waals surface area (Å²) < 4.78 is 17.3. The van der Waals surface area contributed by atoms with Crippen molar-refractivity contribution in [3.05, 3.63) is 70.3 Å². The molecule has 4 rings (SSSR count). The van der Waals surface area contributed by atoms with Crippen molar-refractivity contribution in [2.45, 2.75) is 31.8 Å². The number of hydrogen-bond acceptors (Lipinski definition) is 5. The summed E-state index contributed by atoms with van der Waals surface area (Å²) in [5, 5.41) is 4.98. The molecule has 1 aromatic carbocycles. The van der Waals surface area contributed by atoms with Crippen LogP contribution in [0.2, 0.25) is 0 Å². The number of rotatable bonds is 7. The van der Waals surface area contributed by atoms with Crippen LogP contribution >= 0.6 is 11.3 Å². The molecule has 1 unspecified atom stereocenters. The Morgan fingerprint density at radius 2 is 2.14 bits per heavy atom. The summed E-state index contributed by atoms with van der Waals surface area (Å²) in [5.74, 6) is 2.00. The summed E-state index contributed by atoms with van der Waals surface area (Å²) >= 11 is 1.65. The highest BCUT2D eigenvalue weighted by Crippen LogP contribution is 2.41. The number of fused-ring (bicyclic) bond motifs is 1. The molecule has 0 bridgehead atoms. The zero-order chi connectivity index (χ0) is 19.6. The first-order valence-electron chi connectivity index (χ1n) is 9.29. The molecule has 0 radical (unpaired) electrons. The largest absolute Gasteiger partial charge is 0.483 e. The average molecular weight is 397 g/mol. The van der Waals surface area contributed by atoms with Crippen molar-refractivity contribution in [2.75, 3.05) is 13.2 Å². The van der Waals surface area contributed by atoms with Crippen molar-refractivity contribution in [1.29, 1.82) is 0 Å². The van der Waals surface area contributed by atoms with Crippen LogP contribution in [0.5, 0.6) is 11.5 Å². The number of nitrogens with one attached hydrogen (secondary N) is 1. The second kappa shape index (κ2) is 7.72. The van der Waals surface area contributed by atoms with Gasteiger partial charge in [-0.05, 0) is 43.5 Å². The van der Waals surface area contributed by atoms with Crippen LogP contribution in [-0.2, 0) is 11.2 Å². The van der Waals surface area contributed by atoms with E-state index in [0.717, 1.165) is 28.4 Å². The lowest BCUT2D eigenvalue weighted by Gasteiger charge is -2.18. The second-order valence-electron chi connectivity index (χ2n) is 7.46. The third-order valence-electron chi connectivity index (χ3n) is 4.69. The molecular formula is C22H23NO4S. The third-order valence-corrected chi connectivity index (χ3v) is 5.68. The maximum Gasteiger partial charge on any atom is 0.257 e. The first-order chi connectivity index (χ1) is 13.5. The molecule has 3 heterocycles. The molecule has 6 heteroatoms. The minimum atomic E-state index is -0.249. The standard InChI is InChI=1S/C22H23NO4S/c1-22(2)12-15-6-3-7-18(21(15)27-22)26-14-20(24)23-13-16(17-8-4-10-25-17)19-9-5-11-28-19/h3-11,16H,12-14H2,1-2H3,(H,23,24). The number of amides is 1. The molecular weight excluding hydrogens is 374 g/mol. The Bertz CT molecular complexity index is 897. The van der Waals surface area contributed by atoms with E-state index in [1.54, 1.807) is 17.6 Å². The topological polar surface area (TPSA) is 60.7 Å². The number of benzene rings is 1. The fraction of sp³-hybridized carbons (Fsp3) is 0.318. The molecule has 1 amide bonds. The number of hydrogen-bond donors (Lipinski definition) is 1. The zero-order valence-electron chi connectivity index (χ0n) is 15.9. The van der Waals surface area contributed by atoms with Crippen molar-refractivity contribution < 1.29 is 18.7 Å². The maximum absolute atomic E-state index is 12.4. The van der Waals surface area contributed by atoms with Gasteiger partial charge in [0.05, 0.1) is 12.2 Å². The van der Waals surface area contributed by atoms with Crippen molar-refractivity contribution >= 4 is 17.2 Å². The molecule has 146 valence electrons. The highest BCUT2D eigenvalue weighted by molar-refractivity contribution is 7.10. The number of carbonyl (C=O) groups excluding carboxylic acids is 1. The van der Waals surface area contributed by atoms with Crippen LogP contribution < -0.4 is 14.8 Å². The number of carbonyl (C=O) groups is 1. The van der Waals surface area contributed by atoms with Gasteiger partial charge in [0.1, 0.15) is 11.4 Å². The van der Waals surface area contributed by atoms with Crippen LogP contribution in [0.25, 0.3) is 0 Å². The Labute approximate surface area is 168 Å². The third kappa shape index (κ3) is 4.07. The van der Waals surface area contributed by atoms with Gasteiger partial charge in [0.25, 0.3) is 5.91 Å². The van der Waals surface area contributed by atoms with Gasteiger partial charge >= 0.3 is 0 Å². The Morgan fingerprint density at radius 1 is 1.25 bits per heavy atom. The molecule has 1 N–H and O–H groups in total. The van der Waals surface area contributed by atoms with Gasteiger partial charge in [0.2, 0.25) is 0 Å². The van der Waals surface area contributed by atoms with Gasteiger partial charge in [-0.15, -0.1) is 11.3 Å². The van der Waals surface area contributed by atoms with Crippen LogP contribution in [0.15, 0.2) is 58.5 Å². The second-order valence-corrected chi connectivity index (χ2v) is 8.44. The number of furan rings is 1. The van der Waals surface area contributed by atoms with Crippen molar-refractivity contribution in [3.63, 3.8) is 0 Å². The highest BCUT2D eigenvalue weighted by atomic mass is 32.1. The van der Waals surface area contributed by atoms with Gasteiger partial charge in [0, 0.05) is 23.4 Å². The molecule has 0 aliphatic carbocycles. The smallest absolute Gasteiger partial charge is 0.257 e. The minimum Gasteiger partial charge on any atom is -0.483 e. The SMILES string of the molecule is CC1(C)Cc2cccc(OCC(=O)NCC(c3ccco3)c3cccs3)c2O1. The molecule has 3 aromatic rings. The Kier molecular flexibility index (Phi) is 5.13. The van der Waals surface area contributed by atoms with Gasteiger partial charge < -0.3 is 19.2 Å². The maximum atomic E-state index is 12.4. The Morgan fingerprint density at radius 3 is 2.89 bits per heavy atom. The average Bonchev–Trinajstić information content (AvgIpc) is 3.40. The summed E-state index contributed by atoms with van der Waals surface area (Å²) in [4.78, 5) is 13.5. The number of ether oxygens (including phenoxy) is 2. The Balaban J connectivity index is 1.36. The lowest BCUT2D eigenvalue weighted by Crippen LogP contribution is -2.32. The summed E-state index contributed by atoms with van der Waals surface area (Å²) in [6.45, 7) is 4.48. The van der Waals surface area contributed by atoms with E-state index >= 15 is 0 Å². The highest BCUT2D eigenvalue weighted by Gasteiger charge is 2.32. The first-order valence-corrected chi connectivity index (χ1v) is 10.2. The lowest BCUT2D eigenvalue weighted by atomic mass is 10.0. The van der Waals surface area contributed by atoms with Gasteiger partial charge in [-0.25, -0.2) is 0 Å². The number of para-hydroxylation sites is 1. The molecule has 2 aromatic heterocycles. The predicted octanol–water partition coefficient (Wildman–Crippen LogP) is 4.38. The molecule has 0 fully saturated rings. The van der Waals surface area contributed by atoms with Gasteiger partial charge in [-0.3, -0.25) is 4.79 Å². The summed E-state index contributed by atoms with van der Waals surface area (Å²) in [6.07, 6.45) is 2.48. The van der Waals surface area contributed by atoms with E-state index in [4.69, 9.17) is 13.9 Å². The molecule has 28 heavy (non-hydrogen) atoms. The van der Waals surface area contributed by atoms with E-state index < -0.39 is 0 Å². The van der Waals surface area contributed by atoms with Crippen LogP contribution in [-0.4, -0.2) is 24.7 Å². The van der Waals surface area contributed by atoms with Crippen LogP contribution in [0.1, 0.15) is 36.0 Å². The quantitative estimate of drug-likeness (QED) is 0.643. The van der Waals surface area contributed by atoms with Gasteiger partial charge in [0.15, 0.2) is 18.1 Å². The van der Waals surface area contributed by atoms with E-state index in [-0.39, 0.29) is 24.0 Å². The molecule has 0 saturated carbocycles. The van der Waals surface area contributed by atoms with E-state index in [2.05, 4.69) is 5.32 Å². The fourth-order valence-electron chi connectivity index (χ4n) is 3.43. The first kappa shape index (κ1) is 18.6. The van der Waals surface area contributed by atoms with E-state index in [1.807, 2.05) is 61.7 Å². The predicted molar refractivity (Wildman–Crippen MR) is 108 cm³/mol. The van der Waals surface area contributed by atoms with E-state index in [9.17, 15) is 4.79 Å². The van der Waals surface area contributed by atoms with Crippen LogP contribution in [0.3, 0.4) is 0 Å². The minimum absolute atomic E-state index is 0.0101. The molecule has 1 atom stereocenters. The molecule has 0 saturated heterocycles. The summed E-state index contributed by atoms with van der Waals surface area (Å²) in [7, 11) is 0. The lowest BCUT2D eigenvalue weighted by molar-refractivity contribution is -0.123. The monoisotopic (exact) mass is 397 g/mol. The van der Waals surface area contributed by atoms with Crippen molar-refractivity contribution in [1.82, 2.24) is 5.32 Å². The molecule has 1 aliphatic heterocycles. The summed E-state index contributed by atoms with van der Waals surface area (Å²) in [5.41, 5.74) is 0.861. The van der Waals surface area contributed by atoms with Gasteiger partial charge in [-0.1, -0.05) is 18.2 Å². The van der Waals surface area contributed by atoms with E-state index in [0.29, 0.717) is 12.3 Å².